The molecule has 4 aliphatic rings. The lowest BCUT2D eigenvalue weighted by Gasteiger charge is -2.64. The number of allylic oxidation sites excluding steroid dienone is 1. The molecule has 4 saturated carbocycles. The van der Waals surface area contributed by atoms with Gasteiger partial charge in [-0.2, -0.15) is 0 Å². The van der Waals surface area contributed by atoms with Gasteiger partial charge in [-0.25, -0.2) is 0 Å². The highest BCUT2D eigenvalue weighted by Crippen LogP contribution is 2.70. The number of hydrogen-bond acceptors (Lipinski definition) is 2. The minimum atomic E-state index is -0.234. The molecule has 0 radical (unpaired) electrons. The monoisotopic (exact) mass is 572 g/mol. The third kappa shape index (κ3) is 5.11. The second-order valence-electron chi connectivity index (χ2n) is 14.6. The van der Waals surface area contributed by atoms with Crippen LogP contribution in [0.2, 0.25) is 0 Å². The lowest BCUT2D eigenvalue weighted by molar-refractivity contribution is -0.157. The Morgan fingerprint density at radius 2 is 1.56 bits per heavy atom. The van der Waals surface area contributed by atoms with E-state index < -0.39 is 0 Å². The van der Waals surface area contributed by atoms with Crippen molar-refractivity contribution in [2.24, 2.45) is 40.4 Å². The zero-order chi connectivity index (χ0) is 28.8. The molecule has 4 aliphatic carbocycles. The molecule has 0 bridgehead atoms. The standard InChI is InChI=1S/C38H49ClO2/c1-26(15-16-31(28-11-7-5-8-12-28)29-13-9-6-10-14-29)33-17-18-34-32-20-24-38(39)25-30(41-27(2)40)19-23-37(38,4)35(32)21-22-36(33,34)3/h5-14,16,26,30,32-35H,15,17-25H2,1-4H3/t26?,30?,32?,33?,34?,35?,36-,37-,38-/m1/s1. The highest BCUT2D eigenvalue weighted by atomic mass is 35.5. The predicted molar refractivity (Wildman–Crippen MR) is 170 cm³/mol. The van der Waals surface area contributed by atoms with Crippen molar-refractivity contribution in [1.29, 1.82) is 0 Å². The SMILES string of the molecule is CC(=O)OC1CC[C@]2(C)C3CC[C@]4(C)C(C(C)CC=C(c5ccccc5)c5ccccc5)CCC4C3CC[C@@]2(Cl)C1. The van der Waals surface area contributed by atoms with E-state index >= 15 is 0 Å². The molecule has 0 aromatic heterocycles. The third-order valence-corrected chi connectivity index (χ3v) is 13.4. The van der Waals surface area contributed by atoms with E-state index in [9.17, 15) is 4.79 Å². The molecule has 0 amide bonds. The van der Waals surface area contributed by atoms with E-state index in [1.807, 2.05) is 0 Å². The van der Waals surface area contributed by atoms with Crippen LogP contribution in [0.4, 0.5) is 0 Å². The van der Waals surface area contributed by atoms with Gasteiger partial charge in [0.15, 0.2) is 0 Å². The van der Waals surface area contributed by atoms with Gasteiger partial charge in [-0.1, -0.05) is 87.5 Å². The fourth-order valence-electron chi connectivity index (χ4n) is 10.6. The number of carbonyl (C=O) groups is 1. The largest absolute Gasteiger partial charge is 0.462 e. The first-order valence-electron chi connectivity index (χ1n) is 16.3. The number of halogens is 1. The Morgan fingerprint density at radius 3 is 2.20 bits per heavy atom. The quantitative estimate of drug-likeness (QED) is 0.254. The van der Waals surface area contributed by atoms with Gasteiger partial charge in [0.2, 0.25) is 0 Å². The normalized spacial score (nSPS) is 38.6. The zero-order valence-corrected chi connectivity index (χ0v) is 26.3. The van der Waals surface area contributed by atoms with Crippen LogP contribution >= 0.6 is 11.6 Å². The van der Waals surface area contributed by atoms with Crippen LogP contribution in [-0.2, 0) is 9.53 Å². The molecule has 220 valence electrons. The number of fused-ring (bicyclic) bond motifs is 5. The van der Waals surface area contributed by atoms with Gasteiger partial charge in [0.25, 0.3) is 0 Å². The molecular formula is C38H49ClO2. The van der Waals surface area contributed by atoms with Crippen LogP contribution in [0, 0.1) is 40.4 Å². The van der Waals surface area contributed by atoms with Crippen LogP contribution in [0.5, 0.6) is 0 Å². The smallest absolute Gasteiger partial charge is 0.302 e. The Morgan fingerprint density at radius 1 is 0.902 bits per heavy atom. The molecule has 41 heavy (non-hydrogen) atoms. The van der Waals surface area contributed by atoms with Crippen molar-refractivity contribution in [2.75, 3.05) is 0 Å². The molecule has 0 aliphatic heterocycles. The maximum absolute atomic E-state index is 11.7. The van der Waals surface area contributed by atoms with Crippen LogP contribution in [0.25, 0.3) is 5.57 Å². The molecule has 0 saturated heterocycles. The van der Waals surface area contributed by atoms with E-state index in [-0.39, 0.29) is 22.4 Å². The van der Waals surface area contributed by atoms with Crippen molar-refractivity contribution < 1.29 is 9.53 Å². The second kappa shape index (κ2) is 11.2. The van der Waals surface area contributed by atoms with E-state index in [0.717, 1.165) is 49.9 Å². The Hall–Kier alpha value is -2.06. The topological polar surface area (TPSA) is 26.3 Å². The molecule has 2 nitrogen and oxygen atoms in total. The van der Waals surface area contributed by atoms with Crippen molar-refractivity contribution in [2.45, 2.75) is 103 Å². The van der Waals surface area contributed by atoms with Crippen LogP contribution in [-0.4, -0.2) is 16.9 Å². The number of alkyl halides is 1. The molecule has 9 atom stereocenters. The highest BCUT2D eigenvalue weighted by molar-refractivity contribution is 6.24. The molecular weight excluding hydrogens is 524 g/mol. The van der Waals surface area contributed by atoms with E-state index in [4.69, 9.17) is 16.3 Å². The van der Waals surface area contributed by atoms with Crippen LogP contribution in [0.1, 0.15) is 103 Å². The molecule has 0 heterocycles. The molecule has 6 unspecified atom stereocenters. The van der Waals surface area contributed by atoms with Gasteiger partial charge in [0, 0.05) is 13.3 Å². The summed E-state index contributed by atoms with van der Waals surface area (Å²) in [6.07, 6.45) is 14.2. The predicted octanol–water partition coefficient (Wildman–Crippen LogP) is 10.1. The molecule has 3 heteroatoms. The van der Waals surface area contributed by atoms with E-state index in [1.54, 1.807) is 0 Å². The van der Waals surface area contributed by atoms with Gasteiger partial charge in [-0.3, -0.25) is 4.79 Å². The number of ether oxygens (including phenoxy) is 1. The summed E-state index contributed by atoms with van der Waals surface area (Å²) in [4.78, 5) is 11.5. The van der Waals surface area contributed by atoms with Gasteiger partial charge < -0.3 is 4.74 Å². The van der Waals surface area contributed by atoms with Crippen LogP contribution in [0.15, 0.2) is 66.7 Å². The Balaban J connectivity index is 1.19. The number of hydrogen-bond donors (Lipinski definition) is 0. The first-order chi connectivity index (χ1) is 19.6. The van der Waals surface area contributed by atoms with E-state index in [2.05, 4.69) is 87.5 Å². The minimum absolute atomic E-state index is 0.00934. The summed E-state index contributed by atoms with van der Waals surface area (Å²) in [7, 11) is 0. The summed E-state index contributed by atoms with van der Waals surface area (Å²) in [5.74, 6) is 3.56. The van der Waals surface area contributed by atoms with Crippen molar-refractivity contribution >= 4 is 23.1 Å². The van der Waals surface area contributed by atoms with Gasteiger partial charge >= 0.3 is 5.97 Å². The highest BCUT2D eigenvalue weighted by Gasteiger charge is 2.64. The van der Waals surface area contributed by atoms with Crippen molar-refractivity contribution in [3.8, 4) is 0 Å². The van der Waals surface area contributed by atoms with Gasteiger partial charge in [-0.15, -0.1) is 11.6 Å². The summed E-state index contributed by atoms with van der Waals surface area (Å²) in [6.45, 7) is 9.21. The maximum atomic E-state index is 11.7. The number of carbonyl (C=O) groups excluding carboxylic acids is 1. The average molecular weight is 573 g/mol. The maximum Gasteiger partial charge on any atom is 0.302 e. The molecule has 2 aromatic rings. The fourth-order valence-corrected chi connectivity index (χ4v) is 11.1. The molecule has 4 fully saturated rings. The minimum Gasteiger partial charge on any atom is -0.462 e. The number of esters is 1. The first-order valence-corrected chi connectivity index (χ1v) is 16.7. The van der Waals surface area contributed by atoms with Crippen molar-refractivity contribution in [3.05, 3.63) is 77.9 Å². The van der Waals surface area contributed by atoms with Gasteiger partial charge in [0.1, 0.15) is 6.10 Å². The summed E-state index contributed by atoms with van der Waals surface area (Å²) in [5, 5.41) is 0. The number of benzene rings is 2. The number of rotatable bonds is 6. The van der Waals surface area contributed by atoms with Crippen LogP contribution < -0.4 is 0 Å². The van der Waals surface area contributed by atoms with Crippen molar-refractivity contribution in [3.63, 3.8) is 0 Å². The van der Waals surface area contributed by atoms with E-state index in [1.165, 1.54) is 55.7 Å². The molecule has 0 spiro atoms. The summed E-state index contributed by atoms with van der Waals surface area (Å²) < 4.78 is 5.68. The lowest BCUT2D eigenvalue weighted by atomic mass is 9.44. The Labute approximate surface area is 253 Å². The Bertz CT molecular complexity index is 1210. The Kier molecular flexibility index (Phi) is 7.94. The van der Waals surface area contributed by atoms with Gasteiger partial charge in [-0.05, 0) is 115 Å². The van der Waals surface area contributed by atoms with Gasteiger partial charge in [0.05, 0.1) is 4.87 Å². The summed E-state index contributed by atoms with van der Waals surface area (Å²) >= 11 is 7.55. The van der Waals surface area contributed by atoms with Crippen molar-refractivity contribution in [1.82, 2.24) is 0 Å². The van der Waals surface area contributed by atoms with Crippen LogP contribution in [0.3, 0.4) is 0 Å². The molecule has 2 aromatic carbocycles. The molecule has 6 rings (SSSR count). The fraction of sp³-hybridized carbons (Fsp3) is 0.605. The second-order valence-corrected chi connectivity index (χ2v) is 15.3. The van der Waals surface area contributed by atoms with E-state index in [0.29, 0.717) is 17.3 Å². The average Bonchev–Trinajstić information content (AvgIpc) is 3.32. The lowest BCUT2D eigenvalue weighted by Crippen LogP contribution is -2.60. The first kappa shape index (κ1) is 29.0. The zero-order valence-electron chi connectivity index (χ0n) is 25.6. The summed E-state index contributed by atoms with van der Waals surface area (Å²) in [5.41, 5.74) is 4.55. The summed E-state index contributed by atoms with van der Waals surface area (Å²) in [6, 6.07) is 21.8. The molecule has 0 N–H and O–H groups in total. The third-order valence-electron chi connectivity index (χ3n) is 12.6.